The van der Waals surface area contributed by atoms with Gasteiger partial charge in [-0.2, -0.15) is 0 Å². The van der Waals surface area contributed by atoms with Crippen LogP contribution in [-0.2, 0) is 0 Å². The molecule has 1 amide bonds. The summed E-state index contributed by atoms with van der Waals surface area (Å²) >= 11 is 3.18. The number of hydrogen-bond donors (Lipinski definition) is 0. The highest BCUT2D eigenvalue weighted by atomic mass is 79.9. The minimum Gasteiger partial charge on any atom is -0.489 e. The van der Waals surface area contributed by atoms with Gasteiger partial charge in [0.2, 0.25) is 0 Å². The van der Waals surface area contributed by atoms with Crippen molar-refractivity contribution < 1.29 is 13.9 Å². The normalized spacial score (nSPS) is 13.9. The fourth-order valence-corrected chi connectivity index (χ4v) is 2.15. The second-order valence-electron chi connectivity index (χ2n) is 3.75. The van der Waals surface area contributed by atoms with Crippen molar-refractivity contribution in [2.24, 2.45) is 0 Å². The van der Waals surface area contributed by atoms with Crippen LogP contribution >= 0.6 is 15.9 Å². The first-order valence-electron chi connectivity index (χ1n) is 5.40. The van der Waals surface area contributed by atoms with Gasteiger partial charge in [-0.25, -0.2) is 0 Å². The lowest BCUT2D eigenvalue weighted by Crippen LogP contribution is -2.37. The highest BCUT2D eigenvalue weighted by Crippen LogP contribution is 2.31. The summed E-state index contributed by atoms with van der Waals surface area (Å²) in [6.07, 6.45) is 3.25. The highest BCUT2D eigenvalue weighted by Gasteiger charge is 2.26. The van der Waals surface area contributed by atoms with E-state index in [1.807, 2.05) is 0 Å². The van der Waals surface area contributed by atoms with Crippen molar-refractivity contribution in [2.45, 2.75) is 0 Å². The molecule has 0 atom stereocenters. The molecular weight excluding hydrogens is 300 g/mol. The lowest BCUT2D eigenvalue weighted by Gasteiger charge is -2.28. The number of aromatic nitrogens is 1. The standard InChI is InChI=1S/C12H9BrN2O3/c13-11-2-1-10(18-11)12(16)15-5-6-17-9-3-4-14-7-8(9)15/h1-4,7H,5-6H2. The highest BCUT2D eigenvalue weighted by molar-refractivity contribution is 9.10. The first kappa shape index (κ1) is 11.3. The number of pyridine rings is 1. The van der Waals surface area contributed by atoms with E-state index < -0.39 is 0 Å². The molecule has 0 spiro atoms. The summed E-state index contributed by atoms with van der Waals surface area (Å²) in [4.78, 5) is 17.9. The van der Waals surface area contributed by atoms with Crippen molar-refractivity contribution in [3.05, 3.63) is 41.0 Å². The lowest BCUT2D eigenvalue weighted by atomic mass is 10.2. The number of carbonyl (C=O) groups is 1. The summed E-state index contributed by atoms with van der Waals surface area (Å²) in [5.74, 6) is 0.757. The zero-order chi connectivity index (χ0) is 12.5. The maximum Gasteiger partial charge on any atom is 0.294 e. The molecule has 0 unspecified atom stereocenters. The Morgan fingerprint density at radius 3 is 3.06 bits per heavy atom. The van der Waals surface area contributed by atoms with Gasteiger partial charge in [0.15, 0.2) is 10.4 Å². The van der Waals surface area contributed by atoms with Gasteiger partial charge in [-0.1, -0.05) is 0 Å². The SMILES string of the molecule is O=C(c1ccc(Br)o1)N1CCOc2ccncc21. The Balaban J connectivity index is 1.96. The Morgan fingerprint density at radius 2 is 2.28 bits per heavy atom. The van der Waals surface area contributed by atoms with E-state index in [0.29, 0.717) is 35.0 Å². The van der Waals surface area contributed by atoms with Gasteiger partial charge in [0.1, 0.15) is 18.0 Å². The third-order valence-electron chi connectivity index (χ3n) is 2.65. The van der Waals surface area contributed by atoms with E-state index >= 15 is 0 Å². The molecule has 18 heavy (non-hydrogen) atoms. The third kappa shape index (κ3) is 1.88. The van der Waals surface area contributed by atoms with Crippen molar-refractivity contribution in [3.63, 3.8) is 0 Å². The van der Waals surface area contributed by atoms with Crippen LogP contribution in [0, 0.1) is 0 Å². The Hall–Kier alpha value is -1.82. The molecule has 0 N–H and O–H groups in total. The number of carbonyl (C=O) groups excluding carboxylic acids is 1. The summed E-state index contributed by atoms with van der Waals surface area (Å²) in [5, 5.41) is 0. The molecule has 0 saturated heterocycles. The van der Waals surface area contributed by atoms with Crippen LogP contribution < -0.4 is 9.64 Å². The summed E-state index contributed by atoms with van der Waals surface area (Å²) < 4.78 is 11.3. The quantitative estimate of drug-likeness (QED) is 0.812. The molecule has 0 aliphatic carbocycles. The molecule has 0 radical (unpaired) electrons. The van der Waals surface area contributed by atoms with Gasteiger partial charge in [-0.05, 0) is 28.1 Å². The molecule has 0 aromatic carbocycles. The van der Waals surface area contributed by atoms with E-state index in [-0.39, 0.29) is 5.91 Å². The van der Waals surface area contributed by atoms with Crippen molar-refractivity contribution in [2.75, 3.05) is 18.1 Å². The van der Waals surface area contributed by atoms with E-state index in [1.54, 1.807) is 35.5 Å². The minimum absolute atomic E-state index is 0.196. The van der Waals surface area contributed by atoms with Gasteiger partial charge in [0.25, 0.3) is 5.91 Å². The largest absolute Gasteiger partial charge is 0.489 e. The zero-order valence-electron chi connectivity index (χ0n) is 9.30. The molecule has 1 aliphatic heterocycles. The van der Waals surface area contributed by atoms with Gasteiger partial charge in [-0.15, -0.1) is 0 Å². The van der Waals surface area contributed by atoms with E-state index in [2.05, 4.69) is 20.9 Å². The summed E-state index contributed by atoms with van der Waals surface area (Å²) in [6.45, 7) is 0.945. The molecule has 2 aromatic rings. The molecule has 3 rings (SSSR count). The molecule has 0 fully saturated rings. The summed E-state index contributed by atoms with van der Waals surface area (Å²) in [7, 11) is 0. The van der Waals surface area contributed by atoms with Gasteiger partial charge in [-0.3, -0.25) is 14.7 Å². The molecule has 1 aliphatic rings. The maximum absolute atomic E-state index is 12.3. The molecule has 5 nitrogen and oxygen atoms in total. The Labute approximate surface area is 111 Å². The van der Waals surface area contributed by atoms with Crippen LogP contribution in [0.15, 0.2) is 39.7 Å². The molecule has 0 bridgehead atoms. The predicted molar refractivity (Wildman–Crippen MR) is 67.8 cm³/mol. The number of furan rings is 1. The number of fused-ring (bicyclic) bond motifs is 1. The molecule has 3 heterocycles. The summed E-state index contributed by atoms with van der Waals surface area (Å²) in [6, 6.07) is 5.07. The smallest absolute Gasteiger partial charge is 0.294 e. The fourth-order valence-electron chi connectivity index (χ4n) is 1.84. The number of hydrogen-bond acceptors (Lipinski definition) is 4. The second kappa shape index (κ2) is 4.45. The van der Waals surface area contributed by atoms with Gasteiger partial charge >= 0.3 is 0 Å². The lowest BCUT2D eigenvalue weighted by molar-refractivity contribution is 0.0948. The molecule has 0 saturated carbocycles. The Bertz CT molecular complexity index is 597. The predicted octanol–water partition coefficient (Wildman–Crippen LogP) is 2.48. The van der Waals surface area contributed by atoms with Crippen molar-refractivity contribution in [3.8, 4) is 5.75 Å². The van der Waals surface area contributed by atoms with Crippen molar-refractivity contribution in [1.82, 2.24) is 4.98 Å². The number of ether oxygens (including phenoxy) is 1. The number of anilines is 1. The van der Waals surface area contributed by atoms with Gasteiger partial charge in [0.05, 0.1) is 12.7 Å². The topological polar surface area (TPSA) is 55.6 Å². The van der Waals surface area contributed by atoms with Crippen LogP contribution in [0.4, 0.5) is 5.69 Å². The minimum atomic E-state index is -0.196. The fraction of sp³-hybridized carbons (Fsp3) is 0.167. The Kier molecular flexibility index (Phi) is 2.79. The first-order valence-corrected chi connectivity index (χ1v) is 6.19. The first-order chi connectivity index (χ1) is 8.75. The maximum atomic E-state index is 12.3. The van der Waals surface area contributed by atoms with Crippen molar-refractivity contribution >= 4 is 27.5 Å². The van der Waals surface area contributed by atoms with E-state index in [4.69, 9.17) is 9.15 Å². The summed E-state index contributed by atoms with van der Waals surface area (Å²) in [5.41, 5.74) is 0.668. The van der Waals surface area contributed by atoms with Crippen molar-refractivity contribution in [1.29, 1.82) is 0 Å². The molecule has 6 heteroatoms. The average Bonchev–Trinajstić information content (AvgIpc) is 2.84. The zero-order valence-corrected chi connectivity index (χ0v) is 10.9. The van der Waals surface area contributed by atoms with Crippen LogP contribution in [0.1, 0.15) is 10.6 Å². The van der Waals surface area contributed by atoms with Gasteiger partial charge in [0, 0.05) is 12.3 Å². The number of halogens is 1. The molecule has 2 aromatic heterocycles. The van der Waals surface area contributed by atoms with E-state index in [0.717, 1.165) is 0 Å². The Morgan fingerprint density at radius 1 is 1.39 bits per heavy atom. The van der Waals surface area contributed by atoms with Crippen LogP contribution in [0.2, 0.25) is 0 Å². The van der Waals surface area contributed by atoms with Crippen LogP contribution in [0.3, 0.4) is 0 Å². The van der Waals surface area contributed by atoms with E-state index in [9.17, 15) is 4.79 Å². The second-order valence-corrected chi connectivity index (χ2v) is 4.53. The molecule has 92 valence electrons. The monoisotopic (exact) mass is 308 g/mol. The number of nitrogens with zero attached hydrogens (tertiary/aromatic N) is 2. The number of amides is 1. The average molecular weight is 309 g/mol. The van der Waals surface area contributed by atoms with Crippen LogP contribution in [-0.4, -0.2) is 24.0 Å². The third-order valence-corrected chi connectivity index (χ3v) is 3.08. The van der Waals surface area contributed by atoms with Crippen LogP contribution in [0.5, 0.6) is 5.75 Å². The molecular formula is C12H9BrN2O3. The number of rotatable bonds is 1. The van der Waals surface area contributed by atoms with Crippen LogP contribution in [0.25, 0.3) is 0 Å². The van der Waals surface area contributed by atoms with E-state index in [1.165, 1.54) is 0 Å². The van der Waals surface area contributed by atoms with Gasteiger partial charge < -0.3 is 9.15 Å².